The predicted octanol–water partition coefficient (Wildman–Crippen LogP) is 22.5. The summed E-state index contributed by atoms with van der Waals surface area (Å²) in [7, 11) is -5.30. The van der Waals surface area contributed by atoms with Crippen LogP contribution in [0.15, 0.2) is 251 Å². The molecule has 0 aliphatic rings. The Morgan fingerprint density at radius 2 is 0.934 bits per heavy atom. The first kappa shape index (κ1) is 69.9. The molecule has 122 heavy (non-hydrogen) atoms. The second-order valence-corrected chi connectivity index (χ2v) is 29.6. The lowest BCUT2D eigenvalue weighted by Crippen LogP contribution is -2.36. The monoisotopic (exact) mass is 1740 g/mol. The highest BCUT2D eigenvalue weighted by molar-refractivity contribution is 7.90. The number of amides is 1. The lowest BCUT2D eigenvalue weighted by Gasteiger charge is -2.26. The van der Waals surface area contributed by atoms with Crippen LogP contribution in [0.3, 0.4) is 0 Å². The Kier molecular flexibility index (Phi) is 24.0. The number of nitrogens with two attached hydrogens (primary N) is 1. The number of benzene rings is 9. The van der Waals surface area contributed by atoms with Crippen molar-refractivity contribution in [2.45, 2.75) is 85.9 Å². The largest absolute Gasteiger partial charge is 0.487 e. The van der Waals surface area contributed by atoms with Gasteiger partial charge >= 0.3 is 6.09 Å². The van der Waals surface area contributed by atoms with Crippen molar-refractivity contribution in [3.63, 3.8) is 0 Å². The van der Waals surface area contributed by atoms with E-state index in [0.29, 0.717) is 140 Å². The number of hydrogen-bond acceptors (Lipinski definition) is 22. The fraction of sp³-hybridized carbons (Fsp3) is 0.196. The summed E-state index contributed by atoms with van der Waals surface area (Å²) in [5.74, 6) is 4.50. The minimum absolute atomic E-state index is 0.0204. The van der Waals surface area contributed by atoms with Crippen molar-refractivity contribution in [2.75, 3.05) is 47.3 Å². The van der Waals surface area contributed by atoms with Gasteiger partial charge in [-0.1, -0.05) is 85.0 Å². The second-order valence-electron chi connectivity index (χ2n) is 27.2. The molecule has 628 valence electrons. The molecular weight excluding hydrogens is 1640 g/mol. The Labute approximate surface area is 738 Å². The SMILES string of the molecule is O=Cc1ccc(-c2ccc3ncnc(Nc4ccc(OCc5cccc(F)c5)c(Cl)c4)c3c2)o1.[2H]C([2H])(C)C([2H])([2H])N(Cc1ccc(-c2ccc3ncnc(Nc4ccc(OCc5cccc(F)c5)c(Cl)c4)c3c2)o1)C(=O)OC(C)(C)C.[2H]C([2H])(C)C([2H])([2H])NCc1ccc(-c2ccc3ncnc(Nc4ccc(OCc5cccc(F)c5)c(Cl)c4)c3c2)o1.[2H]C([2H])(N)C([2H])([2H])S(=O)(=O)C([2H])([2H])[2H]. The van der Waals surface area contributed by atoms with Gasteiger partial charge < -0.3 is 64.1 Å². The molecule has 0 aliphatic carbocycles. The van der Waals surface area contributed by atoms with Gasteiger partial charge in [-0.05, 0) is 239 Å². The van der Waals surface area contributed by atoms with Gasteiger partial charge in [-0.15, -0.1) is 0 Å². The summed E-state index contributed by atoms with van der Waals surface area (Å²) in [6.07, 6.45) is -4.09. The number of fused-ring (bicyclic) bond motifs is 3. The van der Waals surface area contributed by atoms with E-state index in [4.69, 9.17) is 87.6 Å². The van der Waals surface area contributed by atoms with Gasteiger partial charge in [0.05, 0.1) is 50.4 Å². The number of aromatic nitrogens is 6. The molecule has 23 nitrogen and oxygen atoms in total. The summed E-state index contributed by atoms with van der Waals surface area (Å²) < 4.78 is 213. The minimum atomic E-state index is -5.30. The maximum absolute atomic E-state index is 13.5. The molecule has 0 spiro atoms. The molecule has 15 rings (SSSR count). The first-order valence-electron chi connectivity index (χ1n) is 44.4. The minimum Gasteiger partial charge on any atom is -0.487 e. The summed E-state index contributed by atoms with van der Waals surface area (Å²) in [5.41, 5.74) is 8.42. The van der Waals surface area contributed by atoms with Crippen LogP contribution in [0.25, 0.3) is 66.7 Å². The Hall–Kier alpha value is -12.9. The number of ether oxygens (including phenoxy) is 4. The first-order valence-corrected chi connectivity index (χ1v) is 39.5. The van der Waals surface area contributed by atoms with Crippen LogP contribution in [-0.4, -0.2) is 92.6 Å². The number of nitrogens with one attached hydrogen (secondary N) is 4. The number of aldehydes is 1. The van der Waals surface area contributed by atoms with Crippen LogP contribution in [0.4, 0.5) is 52.5 Å². The van der Waals surface area contributed by atoms with E-state index in [9.17, 15) is 31.2 Å². The molecule has 30 heteroatoms. The van der Waals surface area contributed by atoms with Crippen LogP contribution < -0.4 is 41.2 Å². The third kappa shape index (κ3) is 25.4. The van der Waals surface area contributed by atoms with Crippen LogP contribution in [0.5, 0.6) is 17.2 Å². The van der Waals surface area contributed by atoms with Gasteiger partial charge in [0.1, 0.15) is 135 Å². The zero-order valence-corrected chi connectivity index (χ0v) is 68.6. The number of furan rings is 3. The van der Waals surface area contributed by atoms with Crippen molar-refractivity contribution in [3.8, 4) is 51.2 Å². The van der Waals surface area contributed by atoms with E-state index >= 15 is 0 Å². The van der Waals surface area contributed by atoms with Crippen molar-refractivity contribution in [3.05, 3.63) is 304 Å². The van der Waals surface area contributed by atoms with E-state index < -0.39 is 65.7 Å². The highest BCUT2D eigenvalue weighted by Crippen LogP contribution is 2.38. The summed E-state index contributed by atoms with van der Waals surface area (Å²) >= 11 is 19.4. The average molecular weight is 1750 g/mol. The highest BCUT2D eigenvalue weighted by Gasteiger charge is 2.24. The van der Waals surface area contributed by atoms with Gasteiger partial charge in [0.15, 0.2) is 12.0 Å². The number of sulfone groups is 1. The molecule has 0 bridgehead atoms. The third-order valence-corrected chi connectivity index (χ3v) is 18.4. The summed E-state index contributed by atoms with van der Waals surface area (Å²) in [6, 6.07) is 61.0. The van der Waals surface area contributed by atoms with Crippen LogP contribution in [0.1, 0.15) is 107 Å². The number of anilines is 6. The molecule has 0 atom stereocenters. The van der Waals surface area contributed by atoms with E-state index in [0.717, 1.165) is 34.3 Å². The second kappa shape index (κ2) is 41.9. The Morgan fingerprint density at radius 1 is 0.525 bits per heavy atom. The number of hydrogen-bond donors (Lipinski definition) is 5. The van der Waals surface area contributed by atoms with Gasteiger partial charge in [0, 0.05) is 89.7 Å². The number of halogens is 6. The van der Waals surface area contributed by atoms with E-state index in [-0.39, 0.29) is 61.9 Å². The molecule has 9 aromatic carbocycles. The number of nitrogens with zero attached hydrogens (tertiary/aromatic N) is 7. The third-order valence-electron chi connectivity index (χ3n) is 17.1. The summed E-state index contributed by atoms with van der Waals surface area (Å²) in [4.78, 5) is 50.9. The van der Waals surface area contributed by atoms with Crippen molar-refractivity contribution in [1.29, 1.82) is 0 Å². The molecule has 6 aromatic heterocycles. The summed E-state index contributed by atoms with van der Waals surface area (Å²) in [5, 5.41) is 15.7. The summed E-state index contributed by atoms with van der Waals surface area (Å²) in [6.45, 7) is -0.866. The fourth-order valence-corrected chi connectivity index (χ4v) is 12.5. The maximum Gasteiger partial charge on any atom is 0.410 e. The molecule has 1 amide bonds. The zero-order chi connectivity index (χ0) is 99.5. The number of rotatable bonds is 29. The van der Waals surface area contributed by atoms with Crippen molar-refractivity contribution in [1.82, 2.24) is 40.1 Å². The van der Waals surface area contributed by atoms with Gasteiger partial charge in [-0.3, -0.25) is 4.79 Å². The van der Waals surface area contributed by atoms with Crippen LogP contribution in [-0.2, 0) is 47.5 Å². The van der Waals surface area contributed by atoms with Crippen LogP contribution in [0.2, 0.25) is 15.1 Å². The van der Waals surface area contributed by atoms with E-state index in [1.165, 1.54) is 62.3 Å². The molecule has 6 heterocycles. The molecule has 0 fully saturated rings. The van der Waals surface area contributed by atoms with Crippen LogP contribution >= 0.6 is 34.8 Å². The van der Waals surface area contributed by atoms with E-state index in [1.54, 1.807) is 154 Å². The van der Waals surface area contributed by atoms with Crippen molar-refractivity contribution in [2.24, 2.45) is 5.73 Å². The van der Waals surface area contributed by atoms with Gasteiger partial charge in [0.25, 0.3) is 0 Å². The highest BCUT2D eigenvalue weighted by atomic mass is 35.5. The molecule has 15 aromatic rings. The van der Waals surface area contributed by atoms with E-state index in [1.807, 2.05) is 48.5 Å². The molecule has 0 aliphatic heterocycles. The van der Waals surface area contributed by atoms with Crippen molar-refractivity contribution >= 4 is 124 Å². The van der Waals surface area contributed by atoms with Crippen LogP contribution in [0, 0.1) is 17.5 Å². The van der Waals surface area contributed by atoms with E-state index in [2.05, 4.69) is 56.9 Å². The Morgan fingerprint density at radius 3 is 1.30 bits per heavy atom. The zero-order valence-electron chi connectivity index (χ0n) is 80.5. The molecule has 0 radical (unpaired) electrons. The smallest absolute Gasteiger partial charge is 0.410 e. The lowest BCUT2D eigenvalue weighted by molar-refractivity contribution is 0.0221. The van der Waals surface area contributed by atoms with Gasteiger partial charge in [-0.2, -0.15) is 0 Å². The predicted molar refractivity (Wildman–Crippen MR) is 471 cm³/mol. The first-order chi connectivity index (χ1) is 64.3. The standard InChI is InChI=1S/C34H34ClFN4O4.C29H26ClFN4O2.C26H17ClFN3O3.C3H9NO2S/c1-5-15-40(33(41)44-34(2,3)4)19-26-11-14-30(43-26)23-9-12-29-27(17-23)32(38-21-37-29)39-25-10-13-31(28(35)18-25)42-20-22-7-6-8-24(36)16-22;1-2-12-32-16-23-8-11-27(37-23)20-6-9-26-24(14-20)29(34-18-33-26)35-22-7-10-28(25(30)15-22)36-17-19-4-3-5-21(31)13-19;27-22-12-19(5-8-25(22)33-14-16-2-1-3-18(28)10-16)31-26-21-11-17(4-7-23(21)29-15-30-26)24-9-6-20(13-32)34-24;1-7(5,6)3-2-4/h6-14,16-18,21H,5,15,19-20H2,1-4H3,(H,37,38,39);3-11,13-15,18,32H,2,12,16-17H2,1H3,(H,33,34,35);1-13,15H,14H2,(H,29,30,31);2-4H2,1H3/i5D2,15D2;2D2,12D2;;1D3,2D2,3D2. The Balaban J connectivity index is 0.000000174. The van der Waals surface area contributed by atoms with Crippen molar-refractivity contribution < 1.29 is 83.9 Å². The topological polar surface area (TPSA) is 299 Å². The maximum atomic E-state index is 13.5. The molecule has 0 saturated heterocycles. The molecule has 0 saturated carbocycles. The number of carbonyl (C=O) groups is 2. The fourth-order valence-electron chi connectivity index (χ4n) is 11.7. The quantitative estimate of drug-likeness (QED) is 0.0272. The van der Waals surface area contributed by atoms with Gasteiger partial charge in [0.2, 0.25) is 0 Å². The average Bonchev–Trinajstić information content (AvgIpc) is 1.14. The number of carbonyl (C=O) groups excluding carboxylic acids is 2. The normalized spacial score (nSPS) is 13.8. The molecule has 0 unspecified atom stereocenters. The van der Waals surface area contributed by atoms with Gasteiger partial charge in [-0.25, -0.2) is 56.3 Å². The molecular formula is C92H86Cl3F3N12O11S. The lowest BCUT2D eigenvalue weighted by atomic mass is 10.1. The molecule has 6 N–H and O–H groups in total. The Bertz CT molecular complexity index is 7000.